The summed E-state index contributed by atoms with van der Waals surface area (Å²) in [5, 5.41) is 13.2. The van der Waals surface area contributed by atoms with Gasteiger partial charge in [-0.3, -0.25) is 0 Å². The zero-order valence-corrected chi connectivity index (χ0v) is 9.89. The van der Waals surface area contributed by atoms with E-state index in [1.807, 2.05) is 19.3 Å². The second kappa shape index (κ2) is 5.46. The van der Waals surface area contributed by atoms with Crippen molar-refractivity contribution < 1.29 is 5.11 Å². The predicted molar refractivity (Wildman–Crippen MR) is 63.2 cm³/mol. The van der Waals surface area contributed by atoms with E-state index in [-0.39, 0.29) is 12.1 Å². The zero-order valence-electron chi connectivity index (χ0n) is 9.89. The first-order valence-electron chi connectivity index (χ1n) is 6.16. The predicted octanol–water partition coefficient (Wildman–Crippen LogP) is 1.08. The highest BCUT2D eigenvalue weighted by atomic mass is 16.3. The summed E-state index contributed by atoms with van der Waals surface area (Å²) in [6.07, 6.45) is 8.11. The molecule has 4 heteroatoms. The van der Waals surface area contributed by atoms with Crippen LogP contribution in [-0.4, -0.2) is 33.3 Å². The van der Waals surface area contributed by atoms with Gasteiger partial charge < -0.3 is 15.0 Å². The molecule has 2 unspecified atom stereocenters. The van der Waals surface area contributed by atoms with Crippen molar-refractivity contribution in [1.29, 1.82) is 0 Å². The number of hydrogen-bond donors (Lipinski definition) is 2. The molecule has 2 atom stereocenters. The standard InChI is InChI=1S/C12H21N3O/c1-10-13-6-8-15(10)9-7-14-11-4-2-3-5-12(11)16/h6,8,11-12,14,16H,2-5,7,9H2,1H3. The van der Waals surface area contributed by atoms with Gasteiger partial charge in [0.15, 0.2) is 0 Å². The molecule has 0 bridgehead atoms. The van der Waals surface area contributed by atoms with E-state index in [0.29, 0.717) is 0 Å². The van der Waals surface area contributed by atoms with Crippen molar-refractivity contribution in [2.75, 3.05) is 6.54 Å². The monoisotopic (exact) mass is 223 g/mol. The molecular formula is C12H21N3O. The number of aromatic nitrogens is 2. The molecule has 0 aromatic carbocycles. The number of nitrogens with zero attached hydrogens (tertiary/aromatic N) is 2. The quantitative estimate of drug-likeness (QED) is 0.803. The van der Waals surface area contributed by atoms with Crippen LogP contribution < -0.4 is 5.32 Å². The molecule has 1 fully saturated rings. The Bertz CT molecular complexity index is 324. The Hall–Kier alpha value is -0.870. The van der Waals surface area contributed by atoms with Crippen LogP contribution in [0, 0.1) is 6.92 Å². The highest BCUT2D eigenvalue weighted by Crippen LogP contribution is 2.18. The number of aliphatic hydroxyl groups excluding tert-OH is 1. The average molecular weight is 223 g/mol. The summed E-state index contributed by atoms with van der Waals surface area (Å²) in [7, 11) is 0. The molecule has 0 spiro atoms. The summed E-state index contributed by atoms with van der Waals surface area (Å²) in [5.41, 5.74) is 0. The van der Waals surface area contributed by atoms with Gasteiger partial charge in [0.2, 0.25) is 0 Å². The smallest absolute Gasteiger partial charge is 0.105 e. The Kier molecular flexibility index (Phi) is 3.96. The Morgan fingerprint density at radius 1 is 1.50 bits per heavy atom. The third kappa shape index (κ3) is 2.83. The van der Waals surface area contributed by atoms with Gasteiger partial charge in [-0.1, -0.05) is 12.8 Å². The van der Waals surface area contributed by atoms with Crippen LogP contribution in [0.1, 0.15) is 31.5 Å². The summed E-state index contributed by atoms with van der Waals surface area (Å²) in [4.78, 5) is 4.18. The number of nitrogens with one attached hydrogen (secondary N) is 1. The molecule has 1 aliphatic rings. The minimum Gasteiger partial charge on any atom is -0.392 e. The lowest BCUT2D eigenvalue weighted by atomic mass is 9.93. The van der Waals surface area contributed by atoms with E-state index in [9.17, 15) is 5.11 Å². The summed E-state index contributed by atoms with van der Waals surface area (Å²) in [6, 6.07) is 0.289. The van der Waals surface area contributed by atoms with Crippen LogP contribution in [0.3, 0.4) is 0 Å². The van der Waals surface area contributed by atoms with Crippen molar-refractivity contribution in [2.24, 2.45) is 0 Å². The van der Waals surface area contributed by atoms with Gasteiger partial charge in [0.05, 0.1) is 6.10 Å². The van der Waals surface area contributed by atoms with Crippen molar-refractivity contribution in [2.45, 2.75) is 51.3 Å². The maximum Gasteiger partial charge on any atom is 0.105 e. The third-order valence-electron chi connectivity index (χ3n) is 3.41. The number of hydrogen-bond acceptors (Lipinski definition) is 3. The molecule has 1 heterocycles. The van der Waals surface area contributed by atoms with E-state index in [1.165, 1.54) is 12.8 Å². The van der Waals surface area contributed by atoms with Crippen LogP contribution in [0.25, 0.3) is 0 Å². The largest absolute Gasteiger partial charge is 0.392 e. The topological polar surface area (TPSA) is 50.1 Å². The number of rotatable bonds is 4. The van der Waals surface area contributed by atoms with Gasteiger partial charge >= 0.3 is 0 Å². The Morgan fingerprint density at radius 2 is 2.31 bits per heavy atom. The summed E-state index contributed by atoms with van der Waals surface area (Å²) >= 11 is 0. The summed E-state index contributed by atoms with van der Waals surface area (Å²) < 4.78 is 2.13. The second-order valence-corrected chi connectivity index (χ2v) is 4.58. The molecule has 1 aromatic rings. The van der Waals surface area contributed by atoms with E-state index in [1.54, 1.807) is 0 Å². The molecule has 90 valence electrons. The van der Waals surface area contributed by atoms with Crippen LogP contribution in [0.5, 0.6) is 0 Å². The Balaban J connectivity index is 1.73. The van der Waals surface area contributed by atoms with E-state index < -0.39 is 0 Å². The first-order chi connectivity index (χ1) is 7.77. The lowest BCUT2D eigenvalue weighted by Crippen LogP contribution is -2.43. The van der Waals surface area contributed by atoms with Gasteiger partial charge in [0.25, 0.3) is 0 Å². The minimum absolute atomic E-state index is 0.155. The van der Waals surface area contributed by atoms with Gasteiger partial charge in [-0.15, -0.1) is 0 Å². The SMILES string of the molecule is Cc1nccn1CCNC1CCCCC1O. The Morgan fingerprint density at radius 3 is 3.00 bits per heavy atom. The van der Waals surface area contributed by atoms with E-state index in [4.69, 9.17) is 0 Å². The first-order valence-corrected chi connectivity index (χ1v) is 6.16. The number of imidazole rings is 1. The van der Waals surface area contributed by atoms with Crippen LogP contribution in [0.15, 0.2) is 12.4 Å². The number of aryl methyl sites for hydroxylation is 1. The minimum atomic E-state index is -0.155. The van der Waals surface area contributed by atoms with Gasteiger partial charge in [-0.25, -0.2) is 4.98 Å². The molecule has 0 amide bonds. The maximum absolute atomic E-state index is 9.80. The van der Waals surface area contributed by atoms with Crippen molar-refractivity contribution in [3.8, 4) is 0 Å². The summed E-state index contributed by atoms with van der Waals surface area (Å²) in [5.74, 6) is 1.05. The first kappa shape index (κ1) is 11.6. The third-order valence-corrected chi connectivity index (χ3v) is 3.41. The molecule has 1 saturated carbocycles. The second-order valence-electron chi connectivity index (χ2n) is 4.58. The van der Waals surface area contributed by atoms with E-state index in [2.05, 4.69) is 14.9 Å². The molecule has 2 N–H and O–H groups in total. The van der Waals surface area contributed by atoms with Gasteiger partial charge in [-0.2, -0.15) is 0 Å². The van der Waals surface area contributed by atoms with Crippen LogP contribution in [0.2, 0.25) is 0 Å². The molecule has 0 radical (unpaired) electrons. The maximum atomic E-state index is 9.80. The van der Waals surface area contributed by atoms with Gasteiger partial charge in [0.1, 0.15) is 5.82 Å². The van der Waals surface area contributed by atoms with Gasteiger partial charge in [0, 0.05) is 31.5 Å². The molecule has 1 aliphatic carbocycles. The average Bonchev–Trinajstić information content (AvgIpc) is 2.67. The lowest BCUT2D eigenvalue weighted by molar-refractivity contribution is 0.0907. The fraction of sp³-hybridized carbons (Fsp3) is 0.750. The van der Waals surface area contributed by atoms with E-state index in [0.717, 1.165) is 31.8 Å². The van der Waals surface area contributed by atoms with E-state index >= 15 is 0 Å². The lowest BCUT2D eigenvalue weighted by Gasteiger charge is -2.28. The molecule has 1 aromatic heterocycles. The normalized spacial score (nSPS) is 25.9. The van der Waals surface area contributed by atoms with Gasteiger partial charge in [-0.05, 0) is 19.8 Å². The fourth-order valence-corrected chi connectivity index (χ4v) is 2.36. The van der Waals surface area contributed by atoms with Crippen molar-refractivity contribution >= 4 is 0 Å². The van der Waals surface area contributed by atoms with Crippen LogP contribution >= 0.6 is 0 Å². The highest BCUT2D eigenvalue weighted by molar-refractivity contribution is 4.89. The molecule has 0 aliphatic heterocycles. The summed E-state index contributed by atoms with van der Waals surface area (Å²) in [6.45, 7) is 3.84. The van der Waals surface area contributed by atoms with Crippen molar-refractivity contribution in [3.05, 3.63) is 18.2 Å². The number of aliphatic hydroxyl groups is 1. The molecule has 16 heavy (non-hydrogen) atoms. The molecule has 4 nitrogen and oxygen atoms in total. The van der Waals surface area contributed by atoms with Crippen molar-refractivity contribution in [3.63, 3.8) is 0 Å². The molecular weight excluding hydrogens is 202 g/mol. The van der Waals surface area contributed by atoms with Crippen LogP contribution in [0.4, 0.5) is 0 Å². The van der Waals surface area contributed by atoms with Crippen molar-refractivity contribution in [1.82, 2.24) is 14.9 Å². The molecule has 2 rings (SSSR count). The highest BCUT2D eigenvalue weighted by Gasteiger charge is 2.21. The zero-order chi connectivity index (χ0) is 11.4. The Labute approximate surface area is 96.7 Å². The fourth-order valence-electron chi connectivity index (χ4n) is 2.36. The van der Waals surface area contributed by atoms with Crippen LogP contribution in [-0.2, 0) is 6.54 Å². The molecule has 0 saturated heterocycles.